The average Bonchev–Trinajstić information content (AvgIpc) is 1.58. The predicted molar refractivity (Wildman–Crippen MR) is 365 cm³/mol. The molecular weight excluding hydrogens is 1740 g/mol. The number of hydrogen-bond acceptors (Lipinski definition) is 32. The molecule has 0 spiro atoms. The zero-order valence-electron chi connectivity index (χ0n) is 65.1. The lowest BCUT2D eigenvalue weighted by molar-refractivity contribution is -0.179. The predicted octanol–water partition coefficient (Wildman–Crippen LogP) is 5.98. The number of halogens is 12. The number of fused-ring (bicyclic) bond motifs is 4. The Morgan fingerprint density at radius 3 is 0.967 bits per heavy atom. The number of nitrogens with zero attached hydrogens (tertiary/aromatic N) is 4. The quantitative estimate of drug-likeness (QED) is 0.0407. The molecule has 4 unspecified atom stereocenters. The molecule has 4 aromatic heterocycles. The second-order valence-corrected chi connectivity index (χ2v) is 32.0. The summed E-state index contributed by atoms with van der Waals surface area (Å²) in [6, 6.07) is 12.8. The van der Waals surface area contributed by atoms with Crippen LogP contribution in [0.5, 0.6) is 23.0 Å². The molecule has 0 radical (unpaired) electrons. The number of aliphatic hydroxyl groups is 4. The summed E-state index contributed by atoms with van der Waals surface area (Å²) in [5.74, 6) is -21.6. The number of alkyl halides is 4. The van der Waals surface area contributed by atoms with Gasteiger partial charge in [-0.05, 0) is 72.8 Å². The van der Waals surface area contributed by atoms with Crippen molar-refractivity contribution in [1.82, 2.24) is 38.2 Å². The Balaban J connectivity index is 0.000000144. The first-order valence-electron chi connectivity index (χ1n) is 36.4. The van der Waals surface area contributed by atoms with Crippen LogP contribution in [0, 0.1) is 46.5 Å². The standard InChI is InChI=1S/4C16H14F3N2O8P/c4*17-9-1-2-12-8(3-9)6-26-30(25,29-12)27-7-16(19)4-11(22)14(28-16)21-5-10(18)13(23)20-15(21)24/h4*1-3,5,11,14,22H,4,6-7H2,(H,20,23,24)/t4*11-,14-,16+,30?/m1111/s1/i7D2,14D;14D;7D2;. The van der Waals surface area contributed by atoms with Gasteiger partial charge in [0.05, 0.1) is 59.4 Å². The van der Waals surface area contributed by atoms with Crippen molar-refractivity contribution < 1.29 is 173 Å². The van der Waals surface area contributed by atoms with Gasteiger partial charge < -0.3 is 57.5 Å². The van der Waals surface area contributed by atoms with Crippen molar-refractivity contribution in [3.8, 4) is 23.0 Å². The Morgan fingerprint density at radius 2 is 0.633 bits per heavy atom. The van der Waals surface area contributed by atoms with E-state index < -0.39 is 261 Å². The molecule has 16 atom stereocenters. The van der Waals surface area contributed by atoms with Crippen LogP contribution in [0.25, 0.3) is 0 Å². The number of rotatable bonds is 16. The third-order valence-corrected chi connectivity index (χ3v) is 22.0. The number of ether oxygens (including phenoxy) is 4. The van der Waals surface area contributed by atoms with Gasteiger partial charge in [-0.1, -0.05) is 0 Å². The van der Waals surface area contributed by atoms with Crippen LogP contribution in [0.15, 0.2) is 136 Å². The van der Waals surface area contributed by atoms with E-state index in [1.807, 2.05) is 0 Å². The second kappa shape index (κ2) is 33.9. The normalized spacial score (nSPS) is 32.9. The summed E-state index contributed by atoms with van der Waals surface area (Å²) in [4.78, 5) is 98.5. The van der Waals surface area contributed by atoms with Gasteiger partial charge in [-0.2, -0.15) is 17.6 Å². The van der Waals surface area contributed by atoms with Crippen molar-refractivity contribution >= 4 is 31.3 Å². The fourth-order valence-corrected chi connectivity index (χ4v) is 16.2. The minimum absolute atomic E-state index is 0.00627. The van der Waals surface area contributed by atoms with Gasteiger partial charge in [0, 0.05) is 47.9 Å². The lowest BCUT2D eigenvalue weighted by Crippen LogP contribution is -2.37. The number of phosphoric acid groups is 4. The fraction of sp³-hybridized carbons (Fsp3) is 0.375. The highest BCUT2D eigenvalue weighted by Crippen LogP contribution is 2.60. The maximum atomic E-state index is 15.5. The van der Waals surface area contributed by atoms with Crippen molar-refractivity contribution in [2.75, 3.05) is 26.3 Å². The SMILES string of the molecule is O=c1[nH]c(=O)n([C@@H]2O[C@](F)(COP3(=O)OCc4cc(F)ccc4O3)C[C@H]2O)cc1F.[2H]C([2H])(OP1(=O)OCc2cc(F)ccc2O1)[C@]1(F)C[C@@H](O)[C@H](n2cc(F)c(=O)[nH]c2=O)O1.[2H]C([2H])(OP1(=O)OCc2cc(F)ccc2O1)[C@]1(F)C[C@@H](O)[C@]([2H])(n2cc(F)c(=O)[nH]c2=O)O1.[2H][C@@]1(n2cc(F)c(=O)[nH]c2=O)O[C@](F)(COP2(=O)OCc3cc(F)ccc3O2)C[C@H]1O. The van der Waals surface area contributed by atoms with Gasteiger partial charge in [-0.3, -0.25) is 93.6 Å². The van der Waals surface area contributed by atoms with E-state index in [4.69, 9.17) is 67.7 Å². The molecule has 8 N–H and O–H groups in total. The van der Waals surface area contributed by atoms with Crippen LogP contribution >= 0.6 is 31.3 Å². The van der Waals surface area contributed by atoms with Crippen molar-refractivity contribution in [2.24, 2.45) is 0 Å². The largest absolute Gasteiger partial charge is 0.530 e. The fourth-order valence-electron chi connectivity index (χ4n) is 11.5. The van der Waals surface area contributed by atoms with Crippen molar-refractivity contribution in [3.05, 3.63) is 250 Å². The summed E-state index contributed by atoms with van der Waals surface area (Å²) in [6.07, 6.45) is -20.4. The molecule has 120 heavy (non-hydrogen) atoms. The van der Waals surface area contributed by atoms with Crippen LogP contribution in [0.4, 0.5) is 52.7 Å². The van der Waals surface area contributed by atoms with Crippen molar-refractivity contribution in [3.63, 3.8) is 0 Å². The highest BCUT2D eigenvalue weighted by atomic mass is 31.2. The van der Waals surface area contributed by atoms with Gasteiger partial charge in [0.15, 0.2) is 24.9 Å². The van der Waals surface area contributed by atoms with Crippen LogP contribution in [0.1, 0.15) is 81.0 Å². The zero-order valence-corrected chi connectivity index (χ0v) is 62.7. The lowest BCUT2D eigenvalue weighted by atomic mass is 10.2. The number of hydrogen-bond donors (Lipinski definition) is 8. The molecule has 0 aliphatic carbocycles. The first-order valence-corrected chi connectivity index (χ1v) is 39.3. The Bertz CT molecular complexity index is 6390. The molecule has 4 saturated heterocycles. The highest BCUT2D eigenvalue weighted by Gasteiger charge is 2.55. The number of phosphoric ester groups is 4. The van der Waals surface area contributed by atoms with E-state index in [1.54, 1.807) is 15.0 Å². The molecule has 40 nitrogen and oxygen atoms in total. The van der Waals surface area contributed by atoms with Gasteiger partial charge in [0.25, 0.3) is 22.2 Å². The third-order valence-electron chi connectivity index (χ3n) is 17.0. The number of benzene rings is 4. The third kappa shape index (κ3) is 19.9. The molecule has 56 heteroatoms. The molecule has 0 bridgehead atoms. The molecule has 4 fully saturated rings. The van der Waals surface area contributed by atoms with Gasteiger partial charge in [-0.25, -0.2) is 72.6 Å². The van der Waals surface area contributed by atoms with Crippen molar-refractivity contribution in [2.45, 2.75) is 125 Å². The summed E-state index contributed by atoms with van der Waals surface area (Å²) in [7, 11) is -18.3. The summed E-state index contributed by atoms with van der Waals surface area (Å²) in [6.45, 7) is -11.2. The topological polar surface area (TPSA) is 516 Å². The lowest BCUT2D eigenvalue weighted by Gasteiger charge is -2.27. The van der Waals surface area contributed by atoms with E-state index in [9.17, 15) is 112 Å². The van der Waals surface area contributed by atoms with Gasteiger partial charge in [-0.15, -0.1) is 0 Å². The van der Waals surface area contributed by atoms with Crippen LogP contribution in [-0.4, -0.2) is 133 Å². The number of nitrogens with one attached hydrogen (secondary N) is 4. The minimum atomic E-state index is -4.87. The maximum Gasteiger partial charge on any atom is 0.530 e. The Kier molecular flexibility index (Phi) is 22.6. The number of aromatic amines is 4. The van der Waals surface area contributed by atoms with E-state index in [1.165, 1.54) is 17.1 Å². The number of aliphatic hydroxyl groups excluding tert-OH is 4. The van der Waals surface area contributed by atoms with Gasteiger partial charge in [0.1, 0.15) is 97.0 Å². The van der Waals surface area contributed by atoms with Crippen molar-refractivity contribution in [1.29, 1.82) is 0 Å². The molecule has 4 aromatic carbocycles. The molecule has 0 saturated carbocycles. The van der Waals surface area contributed by atoms with Crippen LogP contribution in [0.3, 0.4) is 0 Å². The zero-order chi connectivity index (χ0) is 92.2. The molecule has 12 heterocycles. The average molecular weight is 1810 g/mol. The first kappa shape index (κ1) is 80.0. The van der Waals surface area contributed by atoms with Gasteiger partial charge >= 0.3 is 54.0 Å². The summed E-state index contributed by atoms with van der Waals surface area (Å²) in [5, 5.41) is 40.5. The van der Waals surface area contributed by atoms with E-state index in [0.29, 0.717) is 21.5 Å². The molecule has 8 aromatic rings. The van der Waals surface area contributed by atoms with Crippen LogP contribution in [-0.2, 0) is 99.8 Å². The first-order chi connectivity index (χ1) is 58.5. The molecular formula is C64H56F12N8O32P4. The molecule has 16 rings (SSSR count). The number of aromatic nitrogens is 8. The molecule has 8 aliphatic rings. The Hall–Kier alpha value is -9.76. The highest BCUT2D eigenvalue weighted by molar-refractivity contribution is 7.49. The second-order valence-electron chi connectivity index (χ2n) is 25.8. The Labute approximate surface area is 664 Å². The summed E-state index contributed by atoms with van der Waals surface area (Å²) >= 11 is 0. The monoisotopic (exact) mass is 1810 g/mol. The molecule has 648 valence electrons. The van der Waals surface area contributed by atoms with E-state index in [-0.39, 0.29) is 80.0 Å². The Morgan fingerprint density at radius 1 is 0.383 bits per heavy atom. The van der Waals surface area contributed by atoms with E-state index >= 15 is 17.6 Å². The van der Waals surface area contributed by atoms with Gasteiger partial charge in [0.2, 0.25) is 46.7 Å². The maximum absolute atomic E-state index is 15.5. The smallest absolute Gasteiger partial charge is 0.404 e. The van der Waals surface area contributed by atoms with E-state index in [2.05, 4.69) is 13.8 Å². The summed E-state index contributed by atoms with van der Waals surface area (Å²) < 4.78 is 346. The van der Waals surface area contributed by atoms with Crippen LogP contribution < -0.4 is 63.1 Å². The molecule has 8 aliphatic heterocycles. The molecule has 0 amide bonds. The summed E-state index contributed by atoms with van der Waals surface area (Å²) in [5.41, 5.74) is -9.92. The minimum Gasteiger partial charge on any atom is -0.404 e. The van der Waals surface area contributed by atoms with Crippen LogP contribution in [0.2, 0.25) is 0 Å². The number of H-pyrrole nitrogens is 4. The van der Waals surface area contributed by atoms with E-state index in [0.717, 1.165) is 60.7 Å².